The van der Waals surface area contributed by atoms with Crippen LogP contribution in [-0.4, -0.2) is 61.9 Å². The van der Waals surface area contributed by atoms with Crippen molar-refractivity contribution in [3.63, 3.8) is 0 Å². The molecule has 16 heavy (non-hydrogen) atoms. The number of hydrogen-bond acceptors (Lipinski definition) is 5. The van der Waals surface area contributed by atoms with Crippen molar-refractivity contribution in [2.75, 3.05) is 40.3 Å². The van der Waals surface area contributed by atoms with Gasteiger partial charge in [0.1, 0.15) is 5.41 Å². The summed E-state index contributed by atoms with van der Waals surface area (Å²) >= 11 is 0. The van der Waals surface area contributed by atoms with Gasteiger partial charge in [0.2, 0.25) is 0 Å². The third-order valence-corrected chi connectivity index (χ3v) is 4.13. The first kappa shape index (κ1) is 11.8. The highest BCUT2D eigenvalue weighted by atomic mass is 16.5. The summed E-state index contributed by atoms with van der Waals surface area (Å²) in [6.45, 7) is 2.71. The van der Waals surface area contributed by atoms with E-state index >= 15 is 0 Å². The number of rotatable bonds is 2. The van der Waals surface area contributed by atoms with Gasteiger partial charge in [-0.25, -0.2) is 0 Å². The van der Waals surface area contributed by atoms with Crippen LogP contribution in [0.4, 0.5) is 0 Å². The molecule has 0 aromatic carbocycles. The Morgan fingerprint density at radius 1 is 1.38 bits per heavy atom. The zero-order valence-corrected chi connectivity index (χ0v) is 9.95. The molecule has 0 spiro atoms. The molecule has 0 aromatic heterocycles. The fraction of sp³-hybridized carbons (Fsp3) is 0.909. The molecule has 0 amide bonds. The third-order valence-electron chi connectivity index (χ3n) is 4.13. The molecule has 2 rings (SSSR count). The molecule has 2 aliphatic heterocycles. The number of ether oxygens (including phenoxy) is 1. The van der Waals surface area contributed by atoms with Crippen LogP contribution in [0.1, 0.15) is 12.8 Å². The van der Waals surface area contributed by atoms with Gasteiger partial charge in [-0.1, -0.05) is 0 Å². The van der Waals surface area contributed by atoms with Crippen LogP contribution in [0.3, 0.4) is 0 Å². The van der Waals surface area contributed by atoms with Gasteiger partial charge in [0.25, 0.3) is 0 Å². The van der Waals surface area contributed by atoms with Gasteiger partial charge in [-0.15, -0.1) is 0 Å². The second kappa shape index (κ2) is 3.98. The molecule has 0 unspecified atom stereocenters. The molecule has 0 bridgehead atoms. The molecule has 2 fully saturated rings. The summed E-state index contributed by atoms with van der Waals surface area (Å²) in [5, 5.41) is 13.8. The molecule has 0 atom stereocenters. The topological polar surface area (TPSA) is 61.8 Å². The lowest BCUT2D eigenvalue weighted by molar-refractivity contribution is -0.189. The van der Waals surface area contributed by atoms with E-state index < -0.39 is 11.0 Å². The predicted octanol–water partition coefficient (Wildman–Crippen LogP) is -0.794. The average molecular weight is 228 g/mol. The first-order valence-corrected chi connectivity index (χ1v) is 5.74. The van der Waals surface area contributed by atoms with Crippen molar-refractivity contribution in [1.82, 2.24) is 10.2 Å². The molecule has 0 aromatic rings. The Kier molecular flexibility index (Phi) is 2.94. The standard InChI is InChI=1S/C11H20N2O3/c1-13-5-3-11(15,4-6-13)10(7-12-8-10)9(14)16-2/h12,15H,3-8H2,1-2H3. The van der Waals surface area contributed by atoms with E-state index in [9.17, 15) is 9.90 Å². The van der Waals surface area contributed by atoms with E-state index in [0.717, 1.165) is 13.1 Å². The Bertz CT molecular complexity index is 281. The summed E-state index contributed by atoms with van der Waals surface area (Å²) in [4.78, 5) is 14.0. The lowest BCUT2D eigenvalue weighted by atomic mass is 9.63. The SMILES string of the molecule is COC(=O)C1(C2(O)CCN(C)CC2)CNC1. The van der Waals surface area contributed by atoms with Crippen LogP contribution in [0.2, 0.25) is 0 Å². The maximum absolute atomic E-state index is 11.9. The van der Waals surface area contributed by atoms with E-state index in [1.165, 1.54) is 7.11 Å². The monoisotopic (exact) mass is 228 g/mol. The summed E-state index contributed by atoms with van der Waals surface area (Å²) < 4.78 is 4.85. The Labute approximate surface area is 95.8 Å². The van der Waals surface area contributed by atoms with Gasteiger partial charge < -0.3 is 20.1 Å². The highest BCUT2D eigenvalue weighted by Crippen LogP contribution is 2.43. The summed E-state index contributed by atoms with van der Waals surface area (Å²) in [5.74, 6) is -0.279. The number of methoxy groups -OCH3 is 1. The molecule has 2 saturated heterocycles. The number of piperidine rings is 1. The minimum atomic E-state index is -0.905. The number of hydrogen-bond donors (Lipinski definition) is 2. The van der Waals surface area contributed by atoms with Gasteiger partial charge in [0, 0.05) is 26.2 Å². The quantitative estimate of drug-likeness (QED) is 0.606. The van der Waals surface area contributed by atoms with E-state index in [4.69, 9.17) is 4.74 Å². The number of nitrogens with zero attached hydrogens (tertiary/aromatic N) is 1. The van der Waals surface area contributed by atoms with Crippen LogP contribution in [0, 0.1) is 5.41 Å². The average Bonchev–Trinajstić information content (AvgIpc) is 2.21. The van der Waals surface area contributed by atoms with Gasteiger partial charge in [-0.2, -0.15) is 0 Å². The molecule has 0 saturated carbocycles. The van der Waals surface area contributed by atoms with Crippen molar-refractivity contribution in [1.29, 1.82) is 0 Å². The maximum Gasteiger partial charge on any atom is 0.317 e. The van der Waals surface area contributed by atoms with E-state index in [1.807, 2.05) is 7.05 Å². The number of carbonyl (C=O) groups is 1. The number of carbonyl (C=O) groups excluding carboxylic acids is 1. The summed E-state index contributed by atoms with van der Waals surface area (Å²) in [7, 11) is 3.42. The summed E-state index contributed by atoms with van der Waals surface area (Å²) in [5.41, 5.74) is -1.62. The predicted molar refractivity (Wildman–Crippen MR) is 59.0 cm³/mol. The largest absolute Gasteiger partial charge is 0.468 e. The van der Waals surface area contributed by atoms with Crippen molar-refractivity contribution in [3.05, 3.63) is 0 Å². The smallest absolute Gasteiger partial charge is 0.317 e. The van der Waals surface area contributed by atoms with Gasteiger partial charge in [-0.3, -0.25) is 4.79 Å². The molecule has 92 valence electrons. The lowest BCUT2D eigenvalue weighted by Crippen LogP contribution is -2.71. The van der Waals surface area contributed by atoms with Crippen molar-refractivity contribution in [2.45, 2.75) is 18.4 Å². The van der Waals surface area contributed by atoms with E-state index in [0.29, 0.717) is 25.9 Å². The Morgan fingerprint density at radius 3 is 2.31 bits per heavy atom. The van der Waals surface area contributed by atoms with Gasteiger partial charge in [0.05, 0.1) is 12.7 Å². The van der Waals surface area contributed by atoms with E-state index in [2.05, 4.69) is 10.2 Å². The number of esters is 1. The maximum atomic E-state index is 11.9. The molecular weight excluding hydrogens is 208 g/mol. The second-order valence-corrected chi connectivity index (χ2v) is 5.01. The third kappa shape index (κ3) is 1.54. The number of aliphatic hydroxyl groups is 1. The second-order valence-electron chi connectivity index (χ2n) is 5.01. The van der Waals surface area contributed by atoms with Crippen LogP contribution < -0.4 is 5.32 Å². The van der Waals surface area contributed by atoms with Crippen LogP contribution >= 0.6 is 0 Å². The summed E-state index contributed by atoms with van der Waals surface area (Å²) in [6, 6.07) is 0. The highest BCUT2D eigenvalue weighted by molar-refractivity contribution is 5.80. The number of likely N-dealkylation sites (tertiary alicyclic amines) is 1. The van der Waals surface area contributed by atoms with Crippen LogP contribution in [-0.2, 0) is 9.53 Å². The van der Waals surface area contributed by atoms with Gasteiger partial charge in [-0.05, 0) is 19.9 Å². The molecule has 5 nitrogen and oxygen atoms in total. The molecule has 2 N–H and O–H groups in total. The fourth-order valence-corrected chi connectivity index (χ4v) is 2.70. The Balaban J connectivity index is 2.17. The Morgan fingerprint density at radius 2 is 1.94 bits per heavy atom. The molecule has 0 radical (unpaired) electrons. The van der Waals surface area contributed by atoms with Gasteiger partial charge >= 0.3 is 5.97 Å². The normalized spacial score (nSPS) is 28.2. The first-order valence-electron chi connectivity index (χ1n) is 5.74. The van der Waals surface area contributed by atoms with Crippen molar-refractivity contribution >= 4 is 5.97 Å². The van der Waals surface area contributed by atoms with Crippen LogP contribution in [0.25, 0.3) is 0 Å². The molecule has 0 aliphatic carbocycles. The van der Waals surface area contributed by atoms with E-state index in [-0.39, 0.29) is 5.97 Å². The van der Waals surface area contributed by atoms with Crippen molar-refractivity contribution in [3.8, 4) is 0 Å². The van der Waals surface area contributed by atoms with Gasteiger partial charge in [0.15, 0.2) is 0 Å². The minimum absolute atomic E-state index is 0.279. The van der Waals surface area contributed by atoms with Crippen LogP contribution in [0.15, 0.2) is 0 Å². The van der Waals surface area contributed by atoms with E-state index in [1.54, 1.807) is 0 Å². The molecule has 2 aliphatic rings. The molecular formula is C11H20N2O3. The number of nitrogens with one attached hydrogen (secondary N) is 1. The fourth-order valence-electron chi connectivity index (χ4n) is 2.70. The van der Waals surface area contributed by atoms with Crippen LogP contribution in [0.5, 0.6) is 0 Å². The minimum Gasteiger partial charge on any atom is -0.468 e. The lowest BCUT2D eigenvalue weighted by Gasteiger charge is -2.53. The first-order chi connectivity index (χ1) is 7.54. The molecule has 5 heteroatoms. The van der Waals surface area contributed by atoms with Crippen molar-refractivity contribution in [2.24, 2.45) is 5.41 Å². The zero-order valence-electron chi connectivity index (χ0n) is 9.95. The van der Waals surface area contributed by atoms with Crippen molar-refractivity contribution < 1.29 is 14.6 Å². The Hall–Kier alpha value is -0.650. The zero-order chi connectivity index (χ0) is 11.8. The summed E-state index contributed by atoms with van der Waals surface area (Å²) in [6.07, 6.45) is 1.28. The highest BCUT2D eigenvalue weighted by Gasteiger charge is 2.60. The molecule has 2 heterocycles.